The van der Waals surface area contributed by atoms with Crippen molar-refractivity contribution in [3.63, 3.8) is 0 Å². The quantitative estimate of drug-likeness (QED) is 0.489. The van der Waals surface area contributed by atoms with E-state index in [1.165, 1.54) is 0 Å². The molecular weight excluding hydrogens is 166 g/mol. The van der Waals surface area contributed by atoms with Gasteiger partial charge in [0.05, 0.1) is 5.92 Å². The normalized spacial score (nSPS) is 23.3. The van der Waals surface area contributed by atoms with Crippen molar-refractivity contribution in [3.8, 4) is 0 Å². The fourth-order valence-corrected chi connectivity index (χ4v) is 1.27. The molecule has 0 radical (unpaired) electrons. The molecule has 0 aliphatic carbocycles. The number of carbonyl (C=O) groups excluding carboxylic acids is 1. The van der Waals surface area contributed by atoms with E-state index < -0.39 is 5.60 Å². The van der Waals surface area contributed by atoms with Gasteiger partial charge in [-0.1, -0.05) is 6.58 Å². The van der Waals surface area contributed by atoms with E-state index in [0.29, 0.717) is 6.54 Å². The van der Waals surface area contributed by atoms with Crippen LogP contribution >= 0.6 is 0 Å². The lowest BCUT2D eigenvalue weighted by molar-refractivity contribution is -0.157. The molecule has 0 aromatic heterocycles. The van der Waals surface area contributed by atoms with Crippen LogP contribution in [0.1, 0.15) is 20.8 Å². The molecule has 74 valence electrons. The van der Waals surface area contributed by atoms with E-state index in [2.05, 4.69) is 11.9 Å². The summed E-state index contributed by atoms with van der Waals surface area (Å²) in [5.41, 5.74) is 0.522. The molecule has 13 heavy (non-hydrogen) atoms. The summed E-state index contributed by atoms with van der Waals surface area (Å²) in [6.07, 6.45) is 0. The van der Waals surface area contributed by atoms with E-state index in [1.54, 1.807) is 0 Å². The van der Waals surface area contributed by atoms with Gasteiger partial charge in [-0.25, -0.2) is 0 Å². The molecule has 0 spiro atoms. The zero-order chi connectivity index (χ0) is 10.1. The molecule has 1 saturated heterocycles. The number of hydrogen-bond donors (Lipinski definition) is 1. The number of nitrogens with one attached hydrogen (secondary N) is 1. The lowest BCUT2D eigenvalue weighted by Crippen LogP contribution is -2.30. The minimum Gasteiger partial charge on any atom is -0.459 e. The third-order valence-electron chi connectivity index (χ3n) is 1.88. The van der Waals surface area contributed by atoms with E-state index in [4.69, 9.17) is 4.74 Å². The van der Waals surface area contributed by atoms with Gasteiger partial charge in [0.2, 0.25) is 0 Å². The van der Waals surface area contributed by atoms with E-state index in [9.17, 15) is 4.79 Å². The third-order valence-corrected chi connectivity index (χ3v) is 1.88. The zero-order valence-electron chi connectivity index (χ0n) is 8.52. The molecule has 0 saturated carbocycles. The highest BCUT2D eigenvalue weighted by atomic mass is 16.6. The van der Waals surface area contributed by atoms with Gasteiger partial charge in [-0.05, 0) is 26.3 Å². The molecule has 0 aromatic carbocycles. The maximum Gasteiger partial charge on any atom is 0.314 e. The van der Waals surface area contributed by atoms with Crippen molar-refractivity contribution in [1.29, 1.82) is 0 Å². The molecule has 1 rings (SSSR count). The van der Waals surface area contributed by atoms with E-state index >= 15 is 0 Å². The Labute approximate surface area is 79.2 Å². The Morgan fingerprint density at radius 3 is 2.62 bits per heavy atom. The average molecular weight is 183 g/mol. The molecule has 1 unspecified atom stereocenters. The van der Waals surface area contributed by atoms with Crippen LogP contribution in [0.5, 0.6) is 0 Å². The lowest BCUT2D eigenvalue weighted by atomic mass is 10.0. The van der Waals surface area contributed by atoms with Crippen LogP contribution in [0.25, 0.3) is 0 Å². The number of esters is 1. The minimum absolute atomic E-state index is 0.153. The van der Waals surface area contributed by atoms with E-state index in [0.717, 1.165) is 12.1 Å². The number of carbonyl (C=O) groups is 1. The Morgan fingerprint density at radius 2 is 2.23 bits per heavy atom. The van der Waals surface area contributed by atoms with Crippen LogP contribution in [0.4, 0.5) is 0 Å². The second-order valence-electron chi connectivity index (χ2n) is 4.38. The highest BCUT2D eigenvalue weighted by molar-refractivity contribution is 5.77. The van der Waals surface area contributed by atoms with Gasteiger partial charge in [-0.2, -0.15) is 0 Å². The summed E-state index contributed by atoms with van der Waals surface area (Å²) in [4.78, 5) is 11.5. The Bertz CT molecular complexity index is 228. The van der Waals surface area contributed by atoms with Gasteiger partial charge in [0.1, 0.15) is 5.60 Å². The molecule has 1 atom stereocenters. The van der Waals surface area contributed by atoms with Gasteiger partial charge in [-0.15, -0.1) is 0 Å². The first-order valence-electron chi connectivity index (χ1n) is 4.51. The fourth-order valence-electron chi connectivity index (χ4n) is 1.27. The molecule has 1 aliphatic rings. The predicted octanol–water partition coefficient (Wildman–Crippen LogP) is 1.10. The molecule has 3 heteroatoms. The van der Waals surface area contributed by atoms with Crippen molar-refractivity contribution in [2.45, 2.75) is 26.4 Å². The van der Waals surface area contributed by atoms with Crippen LogP contribution in [0.15, 0.2) is 12.2 Å². The monoisotopic (exact) mass is 183 g/mol. The second kappa shape index (κ2) is 3.50. The molecule has 1 aliphatic heterocycles. The van der Waals surface area contributed by atoms with Crippen molar-refractivity contribution < 1.29 is 9.53 Å². The summed E-state index contributed by atoms with van der Waals surface area (Å²) < 4.78 is 5.25. The standard InChI is InChI=1S/C10H17NO2/c1-7-5-11-6-8(7)9(12)13-10(2,3)4/h8,11H,1,5-6H2,2-4H3. The van der Waals surface area contributed by atoms with Crippen LogP contribution in [0.3, 0.4) is 0 Å². The molecule has 0 bridgehead atoms. The summed E-state index contributed by atoms with van der Waals surface area (Å²) in [7, 11) is 0. The summed E-state index contributed by atoms with van der Waals surface area (Å²) in [6.45, 7) is 10.8. The van der Waals surface area contributed by atoms with Crippen molar-refractivity contribution in [2.75, 3.05) is 13.1 Å². The molecule has 3 nitrogen and oxygen atoms in total. The average Bonchev–Trinajstić information content (AvgIpc) is 2.30. The summed E-state index contributed by atoms with van der Waals surface area (Å²) in [5.74, 6) is -0.318. The van der Waals surface area contributed by atoms with Crippen LogP contribution in [-0.4, -0.2) is 24.7 Å². The summed E-state index contributed by atoms with van der Waals surface area (Å²) in [6, 6.07) is 0. The van der Waals surface area contributed by atoms with Crippen LogP contribution in [0.2, 0.25) is 0 Å². The summed E-state index contributed by atoms with van der Waals surface area (Å²) in [5, 5.41) is 3.09. The fraction of sp³-hybridized carbons (Fsp3) is 0.700. The lowest BCUT2D eigenvalue weighted by Gasteiger charge is -2.22. The maximum absolute atomic E-state index is 11.5. The topological polar surface area (TPSA) is 38.3 Å². The van der Waals surface area contributed by atoms with Crippen molar-refractivity contribution >= 4 is 5.97 Å². The van der Waals surface area contributed by atoms with Crippen molar-refractivity contribution in [1.82, 2.24) is 5.32 Å². The Hall–Kier alpha value is -0.830. The number of hydrogen-bond acceptors (Lipinski definition) is 3. The highest BCUT2D eigenvalue weighted by Gasteiger charge is 2.30. The number of rotatable bonds is 1. The van der Waals surface area contributed by atoms with Gasteiger partial charge in [0.25, 0.3) is 0 Å². The highest BCUT2D eigenvalue weighted by Crippen LogP contribution is 2.18. The maximum atomic E-state index is 11.5. The summed E-state index contributed by atoms with van der Waals surface area (Å²) >= 11 is 0. The van der Waals surface area contributed by atoms with Gasteiger partial charge in [-0.3, -0.25) is 4.79 Å². The second-order valence-corrected chi connectivity index (χ2v) is 4.38. The van der Waals surface area contributed by atoms with Gasteiger partial charge >= 0.3 is 5.97 Å². The first kappa shape index (κ1) is 10.3. The Morgan fingerprint density at radius 1 is 1.62 bits per heavy atom. The van der Waals surface area contributed by atoms with Crippen LogP contribution in [-0.2, 0) is 9.53 Å². The van der Waals surface area contributed by atoms with Gasteiger partial charge in [0.15, 0.2) is 0 Å². The first-order valence-corrected chi connectivity index (χ1v) is 4.51. The van der Waals surface area contributed by atoms with Crippen molar-refractivity contribution in [3.05, 3.63) is 12.2 Å². The van der Waals surface area contributed by atoms with E-state index in [1.807, 2.05) is 20.8 Å². The molecule has 0 amide bonds. The van der Waals surface area contributed by atoms with E-state index in [-0.39, 0.29) is 11.9 Å². The van der Waals surface area contributed by atoms with Gasteiger partial charge < -0.3 is 10.1 Å². The first-order chi connectivity index (χ1) is 5.90. The molecule has 1 N–H and O–H groups in total. The van der Waals surface area contributed by atoms with Crippen LogP contribution < -0.4 is 5.32 Å². The minimum atomic E-state index is -0.403. The van der Waals surface area contributed by atoms with Crippen LogP contribution in [0, 0.1) is 5.92 Å². The zero-order valence-corrected chi connectivity index (χ0v) is 8.52. The largest absolute Gasteiger partial charge is 0.459 e. The smallest absolute Gasteiger partial charge is 0.314 e. The number of ether oxygens (including phenoxy) is 1. The molecule has 1 heterocycles. The molecule has 0 aromatic rings. The Kier molecular flexibility index (Phi) is 2.76. The predicted molar refractivity (Wildman–Crippen MR) is 51.3 cm³/mol. The Balaban J connectivity index is 2.53. The molecule has 1 fully saturated rings. The van der Waals surface area contributed by atoms with Crippen molar-refractivity contribution in [2.24, 2.45) is 5.92 Å². The third kappa shape index (κ3) is 2.84. The van der Waals surface area contributed by atoms with Gasteiger partial charge in [0, 0.05) is 13.1 Å². The SMILES string of the molecule is C=C1CNCC1C(=O)OC(C)(C)C. The molecular formula is C10H17NO2.